The third kappa shape index (κ3) is 2.79. The number of rotatable bonds is 2. The van der Waals surface area contributed by atoms with Crippen molar-refractivity contribution in [3.05, 3.63) is 69.2 Å². The Kier molecular flexibility index (Phi) is 3.91. The lowest BCUT2D eigenvalue weighted by atomic mass is 9.98. The van der Waals surface area contributed by atoms with E-state index in [-0.39, 0.29) is 10.0 Å². The van der Waals surface area contributed by atoms with Gasteiger partial charge in [-0.15, -0.1) is 0 Å². The molecular formula is C13H8BrF4N. The fourth-order valence-electron chi connectivity index (χ4n) is 1.75. The van der Waals surface area contributed by atoms with E-state index in [2.05, 4.69) is 15.9 Å². The fraction of sp³-hybridized carbons (Fsp3) is 0.0769. The predicted molar refractivity (Wildman–Crippen MR) is 66.4 cm³/mol. The number of halogens is 5. The maximum Gasteiger partial charge on any atom is 0.145 e. The van der Waals surface area contributed by atoms with Gasteiger partial charge in [0.2, 0.25) is 0 Å². The highest BCUT2D eigenvalue weighted by Gasteiger charge is 2.21. The SMILES string of the molecule is NC(c1cc(F)cc(F)c1)c1c(F)ccc(Br)c1F. The molecule has 0 aliphatic heterocycles. The average molecular weight is 334 g/mol. The van der Waals surface area contributed by atoms with Gasteiger partial charge < -0.3 is 5.73 Å². The summed E-state index contributed by atoms with van der Waals surface area (Å²) in [4.78, 5) is 0. The van der Waals surface area contributed by atoms with Gasteiger partial charge in [0.1, 0.15) is 23.3 Å². The number of hydrogen-bond acceptors (Lipinski definition) is 1. The van der Waals surface area contributed by atoms with Crippen LogP contribution in [-0.2, 0) is 0 Å². The third-order valence-electron chi connectivity index (χ3n) is 2.63. The van der Waals surface area contributed by atoms with E-state index in [1.807, 2.05) is 0 Å². The van der Waals surface area contributed by atoms with E-state index in [0.717, 1.165) is 18.2 Å². The second-order valence-corrected chi connectivity index (χ2v) is 4.79. The van der Waals surface area contributed by atoms with Crippen molar-refractivity contribution < 1.29 is 17.6 Å². The minimum absolute atomic E-state index is 0.0243. The van der Waals surface area contributed by atoms with E-state index in [4.69, 9.17) is 5.73 Å². The minimum atomic E-state index is -1.30. The quantitative estimate of drug-likeness (QED) is 0.651. The van der Waals surface area contributed by atoms with Crippen LogP contribution in [0.3, 0.4) is 0 Å². The summed E-state index contributed by atoms with van der Waals surface area (Å²) in [7, 11) is 0. The summed E-state index contributed by atoms with van der Waals surface area (Å²) >= 11 is 2.90. The molecule has 0 aliphatic carbocycles. The van der Waals surface area contributed by atoms with E-state index in [1.54, 1.807) is 0 Å². The monoisotopic (exact) mass is 333 g/mol. The lowest BCUT2D eigenvalue weighted by Gasteiger charge is -2.15. The molecule has 0 aromatic heterocycles. The van der Waals surface area contributed by atoms with E-state index < -0.39 is 34.9 Å². The molecule has 0 heterocycles. The van der Waals surface area contributed by atoms with E-state index in [1.165, 1.54) is 6.07 Å². The van der Waals surface area contributed by atoms with Gasteiger partial charge in [-0.1, -0.05) is 0 Å². The smallest absolute Gasteiger partial charge is 0.145 e. The summed E-state index contributed by atoms with van der Waals surface area (Å²) in [5.41, 5.74) is 5.20. The van der Waals surface area contributed by atoms with Crippen molar-refractivity contribution in [2.75, 3.05) is 0 Å². The lowest BCUT2D eigenvalue weighted by molar-refractivity contribution is 0.534. The Bertz CT molecular complexity index is 610. The van der Waals surface area contributed by atoms with Gasteiger partial charge in [-0.2, -0.15) is 0 Å². The average Bonchev–Trinajstić information content (AvgIpc) is 2.33. The van der Waals surface area contributed by atoms with E-state index >= 15 is 0 Å². The first kappa shape index (κ1) is 14.0. The molecule has 0 bridgehead atoms. The molecule has 0 aliphatic rings. The minimum Gasteiger partial charge on any atom is -0.320 e. The van der Waals surface area contributed by atoms with Crippen LogP contribution in [0.5, 0.6) is 0 Å². The Labute approximate surface area is 115 Å². The highest BCUT2D eigenvalue weighted by atomic mass is 79.9. The largest absolute Gasteiger partial charge is 0.320 e. The van der Waals surface area contributed by atoms with E-state index in [9.17, 15) is 17.6 Å². The van der Waals surface area contributed by atoms with Gasteiger partial charge in [0.05, 0.1) is 10.5 Å². The normalized spacial score (nSPS) is 12.5. The van der Waals surface area contributed by atoms with Crippen LogP contribution in [-0.4, -0.2) is 0 Å². The predicted octanol–water partition coefficient (Wildman–Crippen LogP) is 4.05. The molecule has 100 valence electrons. The van der Waals surface area contributed by atoms with Crippen LogP contribution >= 0.6 is 15.9 Å². The second kappa shape index (κ2) is 5.30. The first-order chi connectivity index (χ1) is 8.90. The molecule has 6 heteroatoms. The van der Waals surface area contributed by atoms with Crippen LogP contribution in [0.1, 0.15) is 17.2 Å². The molecule has 0 saturated heterocycles. The van der Waals surface area contributed by atoms with Crippen molar-refractivity contribution in [1.29, 1.82) is 0 Å². The maximum absolute atomic E-state index is 13.8. The summed E-state index contributed by atoms with van der Waals surface area (Å²) in [5, 5.41) is 0. The molecule has 1 atom stereocenters. The molecule has 0 spiro atoms. The molecule has 0 amide bonds. The number of benzene rings is 2. The van der Waals surface area contributed by atoms with Crippen molar-refractivity contribution in [2.45, 2.75) is 6.04 Å². The van der Waals surface area contributed by atoms with Gasteiger partial charge >= 0.3 is 0 Å². The fourth-order valence-corrected chi connectivity index (χ4v) is 2.09. The van der Waals surface area contributed by atoms with Gasteiger partial charge in [-0.25, -0.2) is 17.6 Å². The summed E-state index contributed by atoms with van der Waals surface area (Å²) in [6.45, 7) is 0. The summed E-state index contributed by atoms with van der Waals surface area (Å²) in [6.07, 6.45) is 0. The third-order valence-corrected chi connectivity index (χ3v) is 3.25. The number of hydrogen-bond donors (Lipinski definition) is 1. The van der Waals surface area contributed by atoms with Crippen molar-refractivity contribution >= 4 is 15.9 Å². The first-order valence-electron chi connectivity index (χ1n) is 5.25. The summed E-state index contributed by atoms with van der Waals surface area (Å²) in [5.74, 6) is -3.49. The zero-order valence-electron chi connectivity index (χ0n) is 9.43. The standard InChI is InChI=1S/C13H8BrF4N/c14-9-1-2-10(17)11(12(9)18)13(19)6-3-7(15)5-8(16)4-6/h1-5,13H,19H2. The molecule has 19 heavy (non-hydrogen) atoms. The van der Waals surface area contributed by atoms with Crippen LogP contribution in [0.2, 0.25) is 0 Å². The van der Waals surface area contributed by atoms with E-state index in [0.29, 0.717) is 6.07 Å². The van der Waals surface area contributed by atoms with Gasteiger partial charge in [0, 0.05) is 11.6 Å². The highest BCUT2D eigenvalue weighted by Crippen LogP contribution is 2.29. The molecule has 2 N–H and O–H groups in total. The van der Waals surface area contributed by atoms with Gasteiger partial charge in [-0.05, 0) is 45.8 Å². The highest BCUT2D eigenvalue weighted by molar-refractivity contribution is 9.10. The Morgan fingerprint density at radius 2 is 1.53 bits per heavy atom. The molecule has 2 aromatic rings. The summed E-state index contributed by atoms with van der Waals surface area (Å²) < 4.78 is 53.7. The molecular weight excluding hydrogens is 326 g/mol. The van der Waals surface area contributed by atoms with Crippen molar-refractivity contribution in [3.63, 3.8) is 0 Å². The van der Waals surface area contributed by atoms with Crippen molar-refractivity contribution in [2.24, 2.45) is 5.73 Å². The summed E-state index contributed by atoms with van der Waals surface area (Å²) in [6, 6.07) is 3.44. The lowest BCUT2D eigenvalue weighted by Crippen LogP contribution is -2.16. The Balaban J connectivity index is 2.55. The van der Waals surface area contributed by atoms with Crippen LogP contribution < -0.4 is 5.73 Å². The Hall–Kier alpha value is -1.40. The Morgan fingerprint density at radius 3 is 2.11 bits per heavy atom. The first-order valence-corrected chi connectivity index (χ1v) is 6.04. The van der Waals surface area contributed by atoms with Crippen LogP contribution in [0.4, 0.5) is 17.6 Å². The van der Waals surface area contributed by atoms with Crippen LogP contribution in [0.15, 0.2) is 34.8 Å². The number of nitrogens with two attached hydrogens (primary N) is 1. The van der Waals surface area contributed by atoms with Crippen LogP contribution in [0.25, 0.3) is 0 Å². The zero-order chi connectivity index (χ0) is 14.2. The molecule has 2 aromatic carbocycles. The molecule has 0 saturated carbocycles. The zero-order valence-corrected chi connectivity index (χ0v) is 11.0. The molecule has 1 nitrogen and oxygen atoms in total. The molecule has 0 radical (unpaired) electrons. The molecule has 1 unspecified atom stereocenters. The van der Waals surface area contributed by atoms with Gasteiger partial charge in [0.25, 0.3) is 0 Å². The maximum atomic E-state index is 13.8. The van der Waals surface area contributed by atoms with Crippen LogP contribution in [0, 0.1) is 23.3 Å². The topological polar surface area (TPSA) is 26.0 Å². The Morgan fingerprint density at radius 1 is 0.947 bits per heavy atom. The molecule has 0 fully saturated rings. The molecule has 2 rings (SSSR count). The van der Waals surface area contributed by atoms with Gasteiger partial charge in [0.15, 0.2) is 0 Å². The second-order valence-electron chi connectivity index (χ2n) is 3.94. The van der Waals surface area contributed by atoms with Gasteiger partial charge in [-0.3, -0.25) is 0 Å². The van der Waals surface area contributed by atoms with Crippen molar-refractivity contribution in [3.8, 4) is 0 Å². The van der Waals surface area contributed by atoms with Crippen molar-refractivity contribution in [1.82, 2.24) is 0 Å².